The summed E-state index contributed by atoms with van der Waals surface area (Å²) in [5.41, 5.74) is 6.06. The molecule has 2 aliphatic carbocycles. The first-order valence-corrected chi connectivity index (χ1v) is 5.84. The van der Waals surface area contributed by atoms with Crippen LogP contribution < -0.4 is 11.1 Å². The number of fused-ring (bicyclic) bond motifs is 2. The van der Waals surface area contributed by atoms with Gasteiger partial charge in [-0.1, -0.05) is 18.2 Å². The molecule has 2 bridgehead atoms. The second-order valence-electron chi connectivity index (χ2n) is 4.67. The van der Waals surface area contributed by atoms with E-state index in [1.165, 1.54) is 6.42 Å². The molecule has 2 fully saturated rings. The number of nitrogens with one attached hydrogen (secondary N) is 1. The smallest absolute Gasteiger partial charge is 0.225 e. The fraction of sp³-hybridized carbons (Fsp3) is 0.727. The van der Waals surface area contributed by atoms with Gasteiger partial charge in [0.2, 0.25) is 5.91 Å². The van der Waals surface area contributed by atoms with Crippen molar-refractivity contribution in [3.8, 4) is 0 Å². The van der Waals surface area contributed by atoms with E-state index < -0.39 is 0 Å². The van der Waals surface area contributed by atoms with Crippen molar-refractivity contribution in [3.05, 3.63) is 11.6 Å². The molecule has 5 heteroatoms. The van der Waals surface area contributed by atoms with Crippen LogP contribution in [0.4, 0.5) is 0 Å². The molecule has 0 aromatic heterocycles. The highest BCUT2D eigenvalue weighted by Crippen LogP contribution is 2.47. The van der Waals surface area contributed by atoms with Crippen molar-refractivity contribution in [3.63, 3.8) is 0 Å². The SMILES string of the molecule is C=C(Cl)CNC(=O)C1C2CCC(C2)C1N.Cl. The highest BCUT2D eigenvalue weighted by molar-refractivity contribution is 6.29. The summed E-state index contributed by atoms with van der Waals surface area (Å²) in [4.78, 5) is 11.9. The first-order chi connectivity index (χ1) is 7.09. The van der Waals surface area contributed by atoms with Crippen molar-refractivity contribution in [2.75, 3.05) is 6.54 Å². The maximum absolute atomic E-state index is 11.9. The fourth-order valence-electron chi connectivity index (χ4n) is 3.03. The van der Waals surface area contributed by atoms with Crippen LogP contribution in [-0.2, 0) is 4.79 Å². The lowest BCUT2D eigenvalue weighted by Gasteiger charge is -2.26. The minimum Gasteiger partial charge on any atom is -0.351 e. The summed E-state index contributed by atoms with van der Waals surface area (Å²) >= 11 is 5.60. The van der Waals surface area contributed by atoms with Crippen molar-refractivity contribution in [1.29, 1.82) is 0 Å². The molecule has 2 saturated carbocycles. The minimum absolute atomic E-state index is 0. The van der Waals surface area contributed by atoms with Crippen molar-refractivity contribution in [1.82, 2.24) is 5.32 Å². The summed E-state index contributed by atoms with van der Waals surface area (Å²) in [6, 6.07) is 0.0485. The van der Waals surface area contributed by atoms with Crippen LogP contribution in [0.25, 0.3) is 0 Å². The molecule has 0 saturated heterocycles. The lowest BCUT2D eigenvalue weighted by atomic mass is 9.84. The first kappa shape index (κ1) is 13.8. The second kappa shape index (κ2) is 5.39. The van der Waals surface area contributed by atoms with E-state index in [9.17, 15) is 4.79 Å². The lowest BCUT2D eigenvalue weighted by Crippen LogP contribution is -2.45. The Morgan fingerprint density at radius 1 is 1.44 bits per heavy atom. The Labute approximate surface area is 107 Å². The molecular formula is C11H18Cl2N2O. The number of rotatable bonds is 3. The molecule has 3 nitrogen and oxygen atoms in total. The second-order valence-corrected chi connectivity index (χ2v) is 5.21. The maximum atomic E-state index is 11.9. The Hall–Kier alpha value is -0.250. The molecule has 2 aliphatic rings. The third-order valence-corrected chi connectivity index (χ3v) is 3.87. The Balaban J connectivity index is 0.00000128. The zero-order valence-corrected chi connectivity index (χ0v) is 10.7. The largest absolute Gasteiger partial charge is 0.351 e. The van der Waals surface area contributed by atoms with E-state index in [-0.39, 0.29) is 30.3 Å². The third kappa shape index (κ3) is 2.53. The van der Waals surface area contributed by atoms with Crippen LogP contribution in [0.3, 0.4) is 0 Å². The molecule has 0 aromatic rings. The topological polar surface area (TPSA) is 55.1 Å². The normalized spacial score (nSPS) is 35.6. The molecule has 1 amide bonds. The van der Waals surface area contributed by atoms with Gasteiger partial charge in [-0.15, -0.1) is 12.4 Å². The van der Waals surface area contributed by atoms with Crippen molar-refractivity contribution in [2.45, 2.75) is 25.3 Å². The molecule has 92 valence electrons. The van der Waals surface area contributed by atoms with Gasteiger partial charge < -0.3 is 11.1 Å². The summed E-state index contributed by atoms with van der Waals surface area (Å²) in [5.74, 6) is 1.11. The fourth-order valence-corrected chi connectivity index (χ4v) is 3.09. The zero-order chi connectivity index (χ0) is 11.0. The highest BCUT2D eigenvalue weighted by atomic mass is 35.5. The third-order valence-electron chi connectivity index (χ3n) is 3.74. The van der Waals surface area contributed by atoms with Gasteiger partial charge in [-0.2, -0.15) is 0 Å². The zero-order valence-electron chi connectivity index (χ0n) is 9.12. The molecule has 16 heavy (non-hydrogen) atoms. The van der Waals surface area contributed by atoms with Gasteiger partial charge in [0.05, 0.1) is 12.5 Å². The van der Waals surface area contributed by atoms with Gasteiger partial charge in [-0.25, -0.2) is 0 Å². The van der Waals surface area contributed by atoms with Crippen LogP contribution in [0.1, 0.15) is 19.3 Å². The predicted octanol–water partition coefficient (Wildman–Crippen LogP) is 1.65. The van der Waals surface area contributed by atoms with E-state index in [0.29, 0.717) is 23.4 Å². The van der Waals surface area contributed by atoms with Gasteiger partial charge in [0.1, 0.15) is 0 Å². The molecule has 0 radical (unpaired) electrons. The van der Waals surface area contributed by atoms with Crippen LogP contribution >= 0.6 is 24.0 Å². The summed E-state index contributed by atoms with van der Waals surface area (Å²) in [7, 11) is 0. The van der Waals surface area contributed by atoms with Gasteiger partial charge in [0, 0.05) is 11.1 Å². The van der Waals surface area contributed by atoms with E-state index in [0.717, 1.165) is 12.8 Å². The quantitative estimate of drug-likeness (QED) is 0.815. The summed E-state index contributed by atoms with van der Waals surface area (Å²) in [6.07, 6.45) is 3.47. The molecule has 4 unspecified atom stereocenters. The van der Waals surface area contributed by atoms with Gasteiger partial charge in [-0.05, 0) is 31.1 Å². The molecule has 0 aromatic carbocycles. The number of hydrogen-bond acceptors (Lipinski definition) is 2. The molecule has 0 aliphatic heterocycles. The summed E-state index contributed by atoms with van der Waals surface area (Å²) in [6.45, 7) is 3.89. The van der Waals surface area contributed by atoms with E-state index in [4.69, 9.17) is 17.3 Å². The van der Waals surface area contributed by atoms with Crippen LogP contribution in [0, 0.1) is 17.8 Å². The van der Waals surface area contributed by atoms with E-state index in [1.54, 1.807) is 0 Å². The van der Waals surface area contributed by atoms with Gasteiger partial charge >= 0.3 is 0 Å². The molecule has 0 spiro atoms. The van der Waals surface area contributed by atoms with Crippen LogP contribution in [0.2, 0.25) is 0 Å². The number of nitrogens with two attached hydrogens (primary N) is 1. The average Bonchev–Trinajstić information content (AvgIpc) is 2.74. The Bertz CT molecular complexity index is 294. The van der Waals surface area contributed by atoms with Gasteiger partial charge in [-0.3, -0.25) is 4.79 Å². The number of carbonyl (C=O) groups excluding carboxylic acids is 1. The number of amides is 1. The number of carbonyl (C=O) groups is 1. The Kier molecular flexibility index (Phi) is 4.65. The van der Waals surface area contributed by atoms with Gasteiger partial charge in [0.25, 0.3) is 0 Å². The maximum Gasteiger partial charge on any atom is 0.225 e. The van der Waals surface area contributed by atoms with Crippen molar-refractivity contribution in [2.24, 2.45) is 23.5 Å². The number of hydrogen-bond donors (Lipinski definition) is 2. The van der Waals surface area contributed by atoms with Crippen LogP contribution in [-0.4, -0.2) is 18.5 Å². The van der Waals surface area contributed by atoms with E-state index in [1.807, 2.05) is 0 Å². The van der Waals surface area contributed by atoms with Crippen molar-refractivity contribution >= 4 is 29.9 Å². The van der Waals surface area contributed by atoms with Crippen molar-refractivity contribution < 1.29 is 4.79 Å². The molecular weight excluding hydrogens is 247 g/mol. The Morgan fingerprint density at radius 3 is 2.56 bits per heavy atom. The predicted molar refractivity (Wildman–Crippen MR) is 67.5 cm³/mol. The first-order valence-electron chi connectivity index (χ1n) is 5.46. The molecule has 3 N–H and O–H groups in total. The summed E-state index contributed by atoms with van der Waals surface area (Å²) in [5, 5.41) is 3.25. The monoisotopic (exact) mass is 264 g/mol. The van der Waals surface area contributed by atoms with Gasteiger partial charge in [0.15, 0.2) is 0 Å². The summed E-state index contributed by atoms with van der Waals surface area (Å²) < 4.78 is 0. The van der Waals surface area contributed by atoms with E-state index >= 15 is 0 Å². The molecule has 2 rings (SSSR count). The number of halogens is 2. The molecule has 4 atom stereocenters. The highest BCUT2D eigenvalue weighted by Gasteiger charge is 2.48. The minimum atomic E-state index is -0.000216. The van der Waals surface area contributed by atoms with Crippen LogP contribution in [0.15, 0.2) is 11.6 Å². The van der Waals surface area contributed by atoms with Crippen LogP contribution in [0.5, 0.6) is 0 Å². The molecule has 0 heterocycles. The Morgan fingerprint density at radius 2 is 2.06 bits per heavy atom. The average molecular weight is 265 g/mol. The lowest BCUT2D eigenvalue weighted by molar-refractivity contribution is -0.126. The standard InChI is InChI=1S/C11H17ClN2O.ClH/c1-6(12)5-14-11(15)9-7-2-3-8(4-7)10(9)13;/h7-10H,1-5,13H2,(H,14,15);1H. The van der Waals surface area contributed by atoms with E-state index in [2.05, 4.69) is 11.9 Å².